The second-order valence-corrected chi connectivity index (χ2v) is 7.83. The maximum absolute atomic E-state index is 2.63. The average molecular weight is 226 g/mol. The van der Waals surface area contributed by atoms with E-state index in [0.717, 1.165) is 9.84 Å². The van der Waals surface area contributed by atoms with Gasteiger partial charge in [-0.05, 0) is 55.4 Å². The topological polar surface area (TPSA) is 6.48 Å². The van der Waals surface area contributed by atoms with Crippen molar-refractivity contribution in [1.82, 2.24) is 9.13 Å². The Hall–Kier alpha value is 0.137. The second-order valence-electron chi connectivity index (χ2n) is 6.66. The van der Waals surface area contributed by atoms with Crippen molar-refractivity contribution < 1.29 is 0 Å². The van der Waals surface area contributed by atoms with Crippen molar-refractivity contribution in [3.05, 3.63) is 0 Å². The van der Waals surface area contributed by atoms with E-state index >= 15 is 0 Å². The zero-order chi connectivity index (χ0) is 12.0. The molecule has 0 bridgehead atoms. The summed E-state index contributed by atoms with van der Waals surface area (Å²) in [4.78, 5) is 0. The fraction of sp³-hybridized carbons (Fsp3) is 1.00. The molecule has 0 aromatic carbocycles. The van der Waals surface area contributed by atoms with E-state index in [1.54, 1.807) is 0 Å². The minimum atomic E-state index is 0.284. The van der Waals surface area contributed by atoms with Gasteiger partial charge in [0.2, 0.25) is 0 Å². The molecule has 0 amide bonds. The number of hydrogen-bond acceptors (Lipinski definition) is 2. The van der Waals surface area contributed by atoms with Gasteiger partial charge in [-0.15, -0.1) is 0 Å². The summed E-state index contributed by atoms with van der Waals surface area (Å²) < 4.78 is 5.26. The smallest absolute Gasteiger partial charge is 0.252 e. The summed E-state index contributed by atoms with van der Waals surface area (Å²) in [5, 5.41) is 0. The Morgan fingerprint density at radius 1 is 0.733 bits per heavy atom. The minimum Gasteiger partial charge on any atom is -0.303 e. The first-order chi connectivity index (χ1) is 6.55. The van der Waals surface area contributed by atoms with E-state index in [1.165, 1.54) is 0 Å². The number of rotatable bonds is 0. The Balaban J connectivity index is 2.86. The Kier molecular flexibility index (Phi) is 3.40. The van der Waals surface area contributed by atoms with Crippen LogP contribution in [0, 0.1) is 0 Å². The van der Waals surface area contributed by atoms with E-state index in [9.17, 15) is 0 Å². The first-order valence-electron chi connectivity index (χ1n) is 5.90. The predicted octanol–water partition coefficient (Wildman–Crippen LogP) is 2.51. The highest BCUT2D eigenvalue weighted by molar-refractivity contribution is 6.30. The van der Waals surface area contributed by atoms with E-state index in [2.05, 4.69) is 64.5 Å². The molecule has 1 rings (SSSR count). The summed E-state index contributed by atoms with van der Waals surface area (Å²) in [6.07, 6.45) is 0. The number of hydrogen-bond donors (Lipinski definition) is 0. The second kappa shape index (κ2) is 3.86. The van der Waals surface area contributed by atoms with E-state index in [4.69, 9.17) is 0 Å². The van der Waals surface area contributed by atoms with Crippen LogP contribution in [-0.2, 0) is 0 Å². The highest BCUT2D eigenvalue weighted by Crippen LogP contribution is 2.31. The Bertz CT molecular complexity index is 203. The SMILES string of the molecule is C[C@@H]1[C@@H](C)N(C(C)(C)C)[Si]N1C(C)(C)C. The van der Waals surface area contributed by atoms with Gasteiger partial charge in [0.05, 0.1) is 0 Å². The quantitative estimate of drug-likeness (QED) is 0.586. The molecular formula is C12H26N2Si. The van der Waals surface area contributed by atoms with Crippen LogP contribution in [0.15, 0.2) is 0 Å². The summed E-state index contributed by atoms with van der Waals surface area (Å²) in [6.45, 7) is 18.6. The van der Waals surface area contributed by atoms with Gasteiger partial charge in [0.25, 0.3) is 9.84 Å². The predicted molar refractivity (Wildman–Crippen MR) is 67.9 cm³/mol. The molecule has 0 aromatic heterocycles. The summed E-state index contributed by atoms with van der Waals surface area (Å²) in [5.74, 6) is 0. The molecule has 15 heavy (non-hydrogen) atoms. The lowest BCUT2D eigenvalue weighted by Gasteiger charge is -2.35. The van der Waals surface area contributed by atoms with Gasteiger partial charge in [-0.3, -0.25) is 0 Å². The maximum atomic E-state index is 2.63. The maximum Gasteiger partial charge on any atom is 0.252 e. The van der Waals surface area contributed by atoms with Crippen molar-refractivity contribution in [2.45, 2.75) is 78.6 Å². The molecule has 1 saturated heterocycles. The van der Waals surface area contributed by atoms with Gasteiger partial charge in [-0.2, -0.15) is 0 Å². The minimum absolute atomic E-state index is 0.284. The van der Waals surface area contributed by atoms with Crippen LogP contribution in [0.25, 0.3) is 0 Å². The Labute approximate surface area is 98.0 Å². The van der Waals surface area contributed by atoms with Crippen molar-refractivity contribution in [3.63, 3.8) is 0 Å². The molecule has 0 saturated carbocycles. The molecule has 0 aromatic rings. The van der Waals surface area contributed by atoms with E-state index in [1.807, 2.05) is 0 Å². The average Bonchev–Trinajstić information content (AvgIpc) is 2.26. The molecule has 2 radical (unpaired) electrons. The first kappa shape index (κ1) is 13.2. The summed E-state index contributed by atoms with van der Waals surface area (Å²) in [6, 6.07) is 1.31. The molecule has 1 aliphatic rings. The third-order valence-electron chi connectivity index (χ3n) is 3.17. The first-order valence-corrected chi connectivity index (χ1v) is 6.79. The lowest BCUT2D eigenvalue weighted by atomic mass is 10.0. The molecule has 0 aliphatic carbocycles. The monoisotopic (exact) mass is 226 g/mol. The molecular weight excluding hydrogens is 200 g/mol. The van der Waals surface area contributed by atoms with Gasteiger partial charge < -0.3 is 9.13 Å². The Morgan fingerprint density at radius 3 is 1.13 bits per heavy atom. The van der Waals surface area contributed by atoms with Crippen LogP contribution < -0.4 is 0 Å². The molecule has 1 fully saturated rings. The molecule has 0 spiro atoms. The molecule has 3 heteroatoms. The van der Waals surface area contributed by atoms with Crippen molar-refractivity contribution in [1.29, 1.82) is 0 Å². The van der Waals surface area contributed by atoms with Gasteiger partial charge >= 0.3 is 0 Å². The van der Waals surface area contributed by atoms with Gasteiger partial charge in [-0.25, -0.2) is 0 Å². The van der Waals surface area contributed by atoms with E-state index in [-0.39, 0.29) is 11.1 Å². The molecule has 1 heterocycles. The summed E-state index contributed by atoms with van der Waals surface area (Å²) in [5.41, 5.74) is 0.568. The van der Waals surface area contributed by atoms with E-state index in [0.29, 0.717) is 12.1 Å². The summed E-state index contributed by atoms with van der Waals surface area (Å²) in [7, 11) is 0.821. The van der Waals surface area contributed by atoms with Crippen LogP contribution in [0.2, 0.25) is 0 Å². The van der Waals surface area contributed by atoms with Crippen molar-refractivity contribution in [2.75, 3.05) is 0 Å². The fourth-order valence-corrected chi connectivity index (χ4v) is 3.88. The van der Waals surface area contributed by atoms with Gasteiger partial charge in [0, 0.05) is 23.2 Å². The van der Waals surface area contributed by atoms with Gasteiger partial charge in [0.1, 0.15) is 0 Å². The lowest BCUT2D eigenvalue weighted by molar-refractivity contribution is 0.172. The highest BCUT2D eigenvalue weighted by atomic mass is 28.2. The molecule has 1 aliphatic heterocycles. The molecule has 88 valence electrons. The van der Waals surface area contributed by atoms with Crippen LogP contribution in [0.3, 0.4) is 0 Å². The zero-order valence-electron chi connectivity index (χ0n) is 11.5. The standard InChI is InChI=1S/C12H26N2Si/c1-9-10(2)14(12(6,7)8)15-13(9)11(3,4)5/h9-10H,1-8H3/t9-,10-/m1/s1. The van der Waals surface area contributed by atoms with Crippen LogP contribution in [0.1, 0.15) is 55.4 Å². The number of nitrogens with zero attached hydrogens (tertiary/aromatic N) is 2. The van der Waals surface area contributed by atoms with E-state index < -0.39 is 0 Å². The largest absolute Gasteiger partial charge is 0.303 e. The van der Waals surface area contributed by atoms with Crippen molar-refractivity contribution in [3.8, 4) is 0 Å². The van der Waals surface area contributed by atoms with Crippen LogP contribution in [0.5, 0.6) is 0 Å². The van der Waals surface area contributed by atoms with Crippen molar-refractivity contribution >= 4 is 9.84 Å². The van der Waals surface area contributed by atoms with Gasteiger partial charge in [0.15, 0.2) is 0 Å². The normalized spacial score (nSPS) is 31.2. The Morgan fingerprint density at radius 2 is 1.00 bits per heavy atom. The third kappa shape index (κ3) is 2.63. The molecule has 2 nitrogen and oxygen atoms in total. The third-order valence-corrected chi connectivity index (χ3v) is 5.76. The molecule has 0 unspecified atom stereocenters. The summed E-state index contributed by atoms with van der Waals surface area (Å²) >= 11 is 0. The molecule has 2 atom stereocenters. The lowest BCUT2D eigenvalue weighted by Crippen LogP contribution is -2.49. The van der Waals surface area contributed by atoms with Gasteiger partial charge in [-0.1, -0.05) is 0 Å². The van der Waals surface area contributed by atoms with Crippen LogP contribution in [0.4, 0.5) is 0 Å². The zero-order valence-corrected chi connectivity index (χ0v) is 12.5. The highest BCUT2D eigenvalue weighted by Gasteiger charge is 2.44. The van der Waals surface area contributed by atoms with Crippen molar-refractivity contribution in [2.24, 2.45) is 0 Å². The fourth-order valence-electron chi connectivity index (χ4n) is 2.25. The van der Waals surface area contributed by atoms with Crippen LogP contribution in [-0.4, -0.2) is 42.1 Å². The van der Waals surface area contributed by atoms with Crippen LogP contribution >= 0.6 is 0 Å². The molecule has 0 N–H and O–H groups in total.